The van der Waals surface area contributed by atoms with Crippen molar-refractivity contribution in [2.24, 2.45) is 0 Å². The third-order valence-electron chi connectivity index (χ3n) is 3.87. The molecule has 0 unspecified atom stereocenters. The fourth-order valence-corrected chi connectivity index (χ4v) is 2.76. The molecule has 3 aromatic heterocycles. The van der Waals surface area contributed by atoms with Crippen molar-refractivity contribution in [1.29, 1.82) is 0 Å². The Morgan fingerprint density at radius 3 is 2.35 bits per heavy atom. The van der Waals surface area contributed by atoms with E-state index < -0.39 is 0 Å². The number of fused-ring (bicyclic) bond motifs is 1. The minimum absolute atomic E-state index is 0.823. The topological polar surface area (TPSA) is 43.6 Å². The van der Waals surface area contributed by atoms with Gasteiger partial charge in [-0.1, -0.05) is 24.3 Å². The molecule has 4 rings (SSSR count). The summed E-state index contributed by atoms with van der Waals surface area (Å²) in [7, 11) is 0. The van der Waals surface area contributed by atoms with E-state index in [4.69, 9.17) is 4.98 Å². The SMILES string of the molecule is c1ccc(CCn2c(-c3ccccn3)nc3ccccc32)nc1. The molecule has 112 valence electrons. The maximum Gasteiger partial charge on any atom is 0.159 e. The predicted octanol–water partition coefficient (Wildman–Crippen LogP) is 3.74. The quantitative estimate of drug-likeness (QED) is 0.576. The van der Waals surface area contributed by atoms with E-state index >= 15 is 0 Å². The molecule has 0 saturated heterocycles. The van der Waals surface area contributed by atoms with Crippen molar-refractivity contribution in [2.45, 2.75) is 13.0 Å². The maximum atomic E-state index is 4.78. The third kappa shape index (κ3) is 2.71. The van der Waals surface area contributed by atoms with Gasteiger partial charge in [-0.15, -0.1) is 0 Å². The molecule has 4 nitrogen and oxygen atoms in total. The highest BCUT2D eigenvalue weighted by Crippen LogP contribution is 2.23. The summed E-state index contributed by atoms with van der Waals surface area (Å²) in [5.41, 5.74) is 4.10. The van der Waals surface area contributed by atoms with E-state index in [1.807, 2.05) is 54.7 Å². The van der Waals surface area contributed by atoms with Gasteiger partial charge >= 0.3 is 0 Å². The average molecular weight is 300 g/mol. The number of imidazole rings is 1. The normalized spacial score (nSPS) is 11.0. The summed E-state index contributed by atoms with van der Waals surface area (Å²) in [5, 5.41) is 0. The van der Waals surface area contributed by atoms with E-state index in [2.05, 4.69) is 26.7 Å². The molecule has 3 heterocycles. The van der Waals surface area contributed by atoms with Gasteiger partial charge < -0.3 is 4.57 Å². The van der Waals surface area contributed by atoms with E-state index in [1.165, 1.54) is 0 Å². The van der Waals surface area contributed by atoms with Crippen LogP contribution in [0.3, 0.4) is 0 Å². The molecular weight excluding hydrogens is 284 g/mol. The monoisotopic (exact) mass is 300 g/mol. The molecule has 0 radical (unpaired) electrons. The molecule has 4 aromatic rings. The van der Waals surface area contributed by atoms with Crippen LogP contribution in [0, 0.1) is 0 Å². The first kappa shape index (κ1) is 13.6. The lowest BCUT2D eigenvalue weighted by Gasteiger charge is -2.08. The van der Waals surface area contributed by atoms with Gasteiger partial charge in [-0.05, 0) is 36.4 Å². The molecule has 23 heavy (non-hydrogen) atoms. The van der Waals surface area contributed by atoms with Crippen LogP contribution in [0.4, 0.5) is 0 Å². The highest BCUT2D eigenvalue weighted by atomic mass is 15.1. The highest BCUT2D eigenvalue weighted by molar-refractivity contribution is 5.79. The summed E-state index contributed by atoms with van der Waals surface area (Å²) in [6, 6.07) is 20.1. The Morgan fingerprint density at radius 1 is 0.783 bits per heavy atom. The standard InChI is InChI=1S/C19H16N4/c1-2-10-18-16(8-1)22-19(17-9-4-6-13-21-17)23(18)14-11-15-7-3-5-12-20-15/h1-10,12-13H,11,14H2. The fraction of sp³-hybridized carbons (Fsp3) is 0.105. The van der Waals surface area contributed by atoms with Crippen LogP contribution in [0.5, 0.6) is 0 Å². The molecule has 0 aliphatic rings. The number of pyridine rings is 2. The van der Waals surface area contributed by atoms with Gasteiger partial charge in [0, 0.05) is 31.1 Å². The van der Waals surface area contributed by atoms with Crippen LogP contribution in [0.2, 0.25) is 0 Å². The van der Waals surface area contributed by atoms with E-state index in [0.717, 1.165) is 41.2 Å². The second-order valence-corrected chi connectivity index (χ2v) is 5.36. The summed E-state index contributed by atoms with van der Waals surface area (Å²) >= 11 is 0. The third-order valence-corrected chi connectivity index (χ3v) is 3.87. The van der Waals surface area contributed by atoms with Crippen molar-refractivity contribution in [3.05, 3.63) is 78.8 Å². The number of hydrogen-bond donors (Lipinski definition) is 0. The Morgan fingerprint density at radius 2 is 1.57 bits per heavy atom. The number of para-hydroxylation sites is 2. The van der Waals surface area contributed by atoms with Crippen LogP contribution in [-0.2, 0) is 13.0 Å². The molecular formula is C19H16N4. The van der Waals surface area contributed by atoms with Gasteiger partial charge in [-0.2, -0.15) is 0 Å². The Kier molecular flexibility index (Phi) is 3.56. The molecule has 0 bridgehead atoms. The van der Waals surface area contributed by atoms with Gasteiger partial charge in [0.25, 0.3) is 0 Å². The number of aromatic nitrogens is 4. The zero-order valence-electron chi connectivity index (χ0n) is 12.6. The first-order valence-corrected chi connectivity index (χ1v) is 7.68. The number of nitrogens with zero attached hydrogens (tertiary/aromatic N) is 4. The highest BCUT2D eigenvalue weighted by Gasteiger charge is 2.13. The molecule has 4 heteroatoms. The largest absolute Gasteiger partial charge is 0.322 e. The summed E-state index contributed by atoms with van der Waals surface area (Å²) in [5.74, 6) is 0.905. The summed E-state index contributed by atoms with van der Waals surface area (Å²) in [6.07, 6.45) is 4.50. The molecule has 1 aromatic carbocycles. The van der Waals surface area contributed by atoms with E-state index in [-0.39, 0.29) is 0 Å². The van der Waals surface area contributed by atoms with Gasteiger partial charge in [-0.3, -0.25) is 9.97 Å². The number of benzene rings is 1. The van der Waals surface area contributed by atoms with Crippen molar-refractivity contribution in [3.63, 3.8) is 0 Å². The smallest absolute Gasteiger partial charge is 0.159 e. The molecule has 0 amide bonds. The zero-order valence-corrected chi connectivity index (χ0v) is 12.6. The van der Waals surface area contributed by atoms with Crippen molar-refractivity contribution in [3.8, 4) is 11.5 Å². The molecule has 0 N–H and O–H groups in total. The van der Waals surface area contributed by atoms with Gasteiger partial charge in [-0.25, -0.2) is 4.98 Å². The number of hydrogen-bond acceptors (Lipinski definition) is 3. The molecule has 0 spiro atoms. The van der Waals surface area contributed by atoms with Crippen molar-refractivity contribution < 1.29 is 0 Å². The van der Waals surface area contributed by atoms with E-state index in [9.17, 15) is 0 Å². The Bertz CT molecular complexity index is 914. The molecule has 0 aliphatic heterocycles. The van der Waals surface area contributed by atoms with Crippen LogP contribution in [0.15, 0.2) is 73.1 Å². The fourth-order valence-electron chi connectivity index (χ4n) is 2.76. The van der Waals surface area contributed by atoms with Gasteiger partial charge in [0.05, 0.1) is 11.0 Å². The summed E-state index contributed by atoms with van der Waals surface area (Å²) in [4.78, 5) is 13.6. The zero-order chi connectivity index (χ0) is 15.5. The summed E-state index contributed by atoms with van der Waals surface area (Å²) in [6.45, 7) is 0.823. The first-order chi connectivity index (χ1) is 11.4. The Balaban J connectivity index is 1.77. The van der Waals surface area contributed by atoms with Crippen LogP contribution in [-0.4, -0.2) is 19.5 Å². The van der Waals surface area contributed by atoms with Gasteiger partial charge in [0.1, 0.15) is 5.69 Å². The van der Waals surface area contributed by atoms with Crippen LogP contribution >= 0.6 is 0 Å². The van der Waals surface area contributed by atoms with Crippen LogP contribution in [0.25, 0.3) is 22.6 Å². The molecule has 0 atom stereocenters. The second kappa shape index (κ2) is 6.01. The minimum Gasteiger partial charge on any atom is -0.322 e. The summed E-state index contributed by atoms with van der Waals surface area (Å²) < 4.78 is 2.23. The lowest BCUT2D eigenvalue weighted by Crippen LogP contribution is -2.05. The minimum atomic E-state index is 0.823. The second-order valence-electron chi connectivity index (χ2n) is 5.36. The van der Waals surface area contributed by atoms with Crippen LogP contribution < -0.4 is 0 Å². The predicted molar refractivity (Wildman–Crippen MR) is 90.9 cm³/mol. The van der Waals surface area contributed by atoms with Crippen molar-refractivity contribution in [2.75, 3.05) is 0 Å². The van der Waals surface area contributed by atoms with Gasteiger partial charge in [0.2, 0.25) is 0 Å². The van der Waals surface area contributed by atoms with Crippen molar-refractivity contribution in [1.82, 2.24) is 19.5 Å². The number of rotatable bonds is 4. The first-order valence-electron chi connectivity index (χ1n) is 7.68. The van der Waals surface area contributed by atoms with Crippen molar-refractivity contribution >= 4 is 11.0 Å². The van der Waals surface area contributed by atoms with Gasteiger partial charge in [0.15, 0.2) is 5.82 Å². The lowest BCUT2D eigenvalue weighted by molar-refractivity contribution is 0.709. The van der Waals surface area contributed by atoms with E-state index in [0.29, 0.717) is 0 Å². The maximum absolute atomic E-state index is 4.78. The Hall–Kier alpha value is -3.01. The number of aryl methyl sites for hydroxylation is 2. The van der Waals surface area contributed by atoms with E-state index in [1.54, 1.807) is 6.20 Å². The average Bonchev–Trinajstić information content (AvgIpc) is 3.00. The van der Waals surface area contributed by atoms with Crippen LogP contribution in [0.1, 0.15) is 5.69 Å². The molecule has 0 fully saturated rings. The molecule has 0 saturated carbocycles. The Labute approximate surface area is 134 Å². The lowest BCUT2D eigenvalue weighted by atomic mass is 10.2. The molecule has 0 aliphatic carbocycles.